The van der Waals surface area contributed by atoms with Crippen LogP contribution >= 0.6 is 0 Å². The Kier molecular flexibility index (Phi) is 5.94. The summed E-state index contributed by atoms with van der Waals surface area (Å²) in [6.45, 7) is 10.1. The predicted octanol–water partition coefficient (Wildman–Crippen LogP) is 1.76. The van der Waals surface area contributed by atoms with Gasteiger partial charge in [-0.15, -0.1) is 0 Å². The quantitative estimate of drug-likeness (QED) is 0.790. The Hall–Kier alpha value is -0.650. The lowest BCUT2D eigenvalue weighted by atomic mass is 9.88. The molecule has 5 nitrogen and oxygen atoms in total. The van der Waals surface area contributed by atoms with Crippen molar-refractivity contribution in [3.63, 3.8) is 0 Å². The average Bonchev–Trinajstić information content (AvgIpc) is 2.96. The molecule has 1 aliphatic carbocycles. The molecule has 2 heterocycles. The molecule has 0 radical (unpaired) electrons. The van der Waals surface area contributed by atoms with Crippen LogP contribution in [0, 0.1) is 11.8 Å². The van der Waals surface area contributed by atoms with Crippen LogP contribution in [0.25, 0.3) is 0 Å². The second kappa shape index (κ2) is 7.95. The van der Waals surface area contributed by atoms with Crippen molar-refractivity contribution in [2.45, 2.75) is 51.7 Å². The summed E-state index contributed by atoms with van der Waals surface area (Å²) < 4.78 is 11.4. The van der Waals surface area contributed by atoms with E-state index in [1.165, 1.54) is 19.3 Å². The van der Waals surface area contributed by atoms with Gasteiger partial charge in [-0.2, -0.15) is 0 Å². The Bertz CT molecular complexity index is 398. The topological polar surface area (TPSA) is 42.0 Å². The van der Waals surface area contributed by atoms with E-state index >= 15 is 0 Å². The van der Waals surface area contributed by atoms with Gasteiger partial charge in [0.15, 0.2) is 0 Å². The summed E-state index contributed by atoms with van der Waals surface area (Å²) in [6.07, 6.45) is 5.17. The second-order valence-electron chi connectivity index (χ2n) is 7.60. The van der Waals surface area contributed by atoms with E-state index in [1.807, 2.05) is 4.90 Å². The fourth-order valence-electron chi connectivity index (χ4n) is 4.34. The molecule has 5 heteroatoms. The van der Waals surface area contributed by atoms with Crippen molar-refractivity contribution in [1.82, 2.24) is 9.80 Å². The van der Waals surface area contributed by atoms with Gasteiger partial charge in [-0.25, -0.2) is 0 Å². The first-order valence-electron chi connectivity index (χ1n) is 9.36. The molecule has 3 aliphatic rings. The van der Waals surface area contributed by atoms with Gasteiger partial charge in [0.1, 0.15) is 6.61 Å². The second-order valence-corrected chi connectivity index (χ2v) is 7.60. The zero-order valence-corrected chi connectivity index (χ0v) is 14.7. The van der Waals surface area contributed by atoms with Gasteiger partial charge in [0.25, 0.3) is 0 Å². The van der Waals surface area contributed by atoms with Gasteiger partial charge in [-0.3, -0.25) is 9.69 Å². The largest absolute Gasteiger partial charge is 0.379 e. The molecule has 0 N–H and O–H groups in total. The van der Waals surface area contributed by atoms with E-state index in [9.17, 15) is 4.79 Å². The highest BCUT2D eigenvalue weighted by Crippen LogP contribution is 2.27. The molecule has 2 aliphatic heterocycles. The monoisotopic (exact) mass is 324 g/mol. The lowest BCUT2D eigenvalue weighted by Gasteiger charge is -2.34. The van der Waals surface area contributed by atoms with Crippen molar-refractivity contribution in [3.8, 4) is 0 Å². The first-order chi connectivity index (χ1) is 11.1. The van der Waals surface area contributed by atoms with Gasteiger partial charge in [0.05, 0.1) is 19.3 Å². The highest BCUT2D eigenvalue weighted by Gasteiger charge is 2.36. The van der Waals surface area contributed by atoms with E-state index in [0.29, 0.717) is 17.9 Å². The Labute approximate surface area is 140 Å². The van der Waals surface area contributed by atoms with Crippen molar-refractivity contribution in [2.75, 3.05) is 46.0 Å². The third-order valence-electron chi connectivity index (χ3n) is 5.89. The molecule has 0 bridgehead atoms. The zero-order valence-electron chi connectivity index (χ0n) is 14.7. The van der Waals surface area contributed by atoms with Crippen LogP contribution in [0.2, 0.25) is 0 Å². The van der Waals surface area contributed by atoms with Crippen LogP contribution in [0.5, 0.6) is 0 Å². The van der Waals surface area contributed by atoms with Crippen LogP contribution in [0.3, 0.4) is 0 Å². The summed E-state index contributed by atoms with van der Waals surface area (Å²) in [4.78, 5) is 17.0. The van der Waals surface area contributed by atoms with Gasteiger partial charge in [-0.1, -0.05) is 26.7 Å². The highest BCUT2D eigenvalue weighted by molar-refractivity contribution is 5.77. The maximum atomic E-state index is 12.5. The molecular formula is C18H32N2O3. The molecule has 3 rings (SSSR count). The van der Waals surface area contributed by atoms with E-state index in [-0.39, 0.29) is 18.6 Å². The normalized spacial score (nSPS) is 36.3. The third-order valence-corrected chi connectivity index (χ3v) is 5.89. The molecule has 4 unspecified atom stereocenters. The Morgan fingerprint density at radius 2 is 1.83 bits per heavy atom. The van der Waals surface area contributed by atoms with Gasteiger partial charge < -0.3 is 14.4 Å². The number of amides is 1. The van der Waals surface area contributed by atoms with Crippen LogP contribution < -0.4 is 0 Å². The van der Waals surface area contributed by atoms with Crippen LogP contribution in [0.4, 0.5) is 0 Å². The molecule has 1 saturated carbocycles. The Morgan fingerprint density at radius 3 is 2.57 bits per heavy atom. The minimum absolute atomic E-state index is 0.172. The van der Waals surface area contributed by atoms with Gasteiger partial charge >= 0.3 is 0 Å². The molecule has 0 aromatic carbocycles. The molecule has 23 heavy (non-hydrogen) atoms. The summed E-state index contributed by atoms with van der Waals surface area (Å²) in [5.74, 6) is 1.30. The summed E-state index contributed by atoms with van der Waals surface area (Å²) in [7, 11) is 0. The lowest BCUT2D eigenvalue weighted by molar-refractivity contribution is -0.139. The Balaban J connectivity index is 1.46. The van der Waals surface area contributed by atoms with Crippen LogP contribution in [-0.2, 0) is 14.3 Å². The van der Waals surface area contributed by atoms with Crippen molar-refractivity contribution in [1.29, 1.82) is 0 Å². The van der Waals surface area contributed by atoms with Crippen molar-refractivity contribution >= 4 is 5.91 Å². The summed E-state index contributed by atoms with van der Waals surface area (Å²) in [5, 5.41) is 0. The minimum atomic E-state index is 0.172. The number of rotatable bonds is 4. The molecular weight excluding hydrogens is 292 g/mol. The first kappa shape index (κ1) is 17.2. The molecule has 2 saturated heterocycles. The van der Waals surface area contributed by atoms with E-state index in [1.54, 1.807) is 0 Å². The molecule has 0 aromatic rings. The first-order valence-corrected chi connectivity index (χ1v) is 9.36. The molecule has 1 amide bonds. The SMILES string of the molecule is CC1CCCCC1OCC(=O)N1CC(C)C(N2CCOCC2)C1. The summed E-state index contributed by atoms with van der Waals surface area (Å²) >= 11 is 0. The molecule has 0 aromatic heterocycles. The lowest BCUT2D eigenvalue weighted by Crippen LogP contribution is -2.47. The molecule has 0 spiro atoms. The van der Waals surface area contributed by atoms with Gasteiger partial charge in [0.2, 0.25) is 5.91 Å². The maximum Gasteiger partial charge on any atom is 0.248 e. The number of carbonyl (C=O) groups is 1. The minimum Gasteiger partial charge on any atom is -0.379 e. The van der Waals surface area contributed by atoms with Crippen LogP contribution in [0.15, 0.2) is 0 Å². The van der Waals surface area contributed by atoms with Gasteiger partial charge in [0, 0.05) is 32.2 Å². The molecule has 3 fully saturated rings. The Morgan fingerprint density at radius 1 is 1.09 bits per heavy atom. The number of nitrogens with zero attached hydrogens (tertiary/aromatic N) is 2. The number of hydrogen-bond donors (Lipinski definition) is 0. The number of morpholine rings is 1. The van der Waals surface area contributed by atoms with Gasteiger partial charge in [-0.05, 0) is 24.7 Å². The highest BCUT2D eigenvalue weighted by atomic mass is 16.5. The average molecular weight is 324 g/mol. The maximum absolute atomic E-state index is 12.5. The van der Waals surface area contributed by atoms with Crippen molar-refractivity contribution in [3.05, 3.63) is 0 Å². The fourth-order valence-corrected chi connectivity index (χ4v) is 4.34. The summed E-state index contributed by atoms with van der Waals surface area (Å²) in [6, 6.07) is 0.483. The van der Waals surface area contributed by atoms with E-state index < -0.39 is 0 Å². The number of ether oxygens (including phenoxy) is 2. The van der Waals surface area contributed by atoms with Crippen molar-refractivity contribution in [2.24, 2.45) is 11.8 Å². The zero-order chi connectivity index (χ0) is 16.2. The van der Waals surface area contributed by atoms with Crippen LogP contribution in [-0.4, -0.2) is 73.9 Å². The number of carbonyl (C=O) groups excluding carboxylic acids is 1. The number of likely N-dealkylation sites (tertiary alicyclic amines) is 1. The number of hydrogen-bond acceptors (Lipinski definition) is 4. The third kappa shape index (κ3) is 4.25. The smallest absolute Gasteiger partial charge is 0.248 e. The molecule has 132 valence electrons. The summed E-state index contributed by atoms with van der Waals surface area (Å²) in [5.41, 5.74) is 0. The fraction of sp³-hybridized carbons (Fsp3) is 0.944. The van der Waals surface area contributed by atoms with Crippen LogP contribution in [0.1, 0.15) is 39.5 Å². The van der Waals surface area contributed by atoms with E-state index in [4.69, 9.17) is 9.47 Å². The van der Waals surface area contributed by atoms with E-state index in [0.717, 1.165) is 45.8 Å². The standard InChI is InChI=1S/C18H32N2O3/c1-14-5-3-4-6-17(14)23-13-18(21)20-11-15(2)16(12-20)19-7-9-22-10-8-19/h14-17H,3-13H2,1-2H3. The molecule has 4 atom stereocenters. The van der Waals surface area contributed by atoms with E-state index in [2.05, 4.69) is 18.7 Å². The van der Waals surface area contributed by atoms with Crippen molar-refractivity contribution < 1.29 is 14.3 Å². The predicted molar refractivity (Wildman–Crippen MR) is 89.3 cm³/mol.